The lowest BCUT2D eigenvalue weighted by Gasteiger charge is -2.18. The van der Waals surface area contributed by atoms with Crippen LogP contribution in [0.3, 0.4) is 0 Å². The lowest BCUT2D eigenvalue weighted by atomic mass is 10.0. The van der Waals surface area contributed by atoms with Crippen molar-refractivity contribution in [1.82, 2.24) is 0 Å². The van der Waals surface area contributed by atoms with Crippen molar-refractivity contribution in [2.45, 2.75) is 316 Å². The highest BCUT2D eigenvalue weighted by atomic mass is 16.6. The number of unbranched alkanes of at least 4 members (excludes halogenated alkanes) is 28. The maximum Gasteiger partial charge on any atom is 0.306 e. The molecular weight excluding hydrogens is 1010 g/mol. The van der Waals surface area contributed by atoms with Crippen molar-refractivity contribution >= 4 is 17.9 Å². The molecule has 0 rings (SSSR count). The van der Waals surface area contributed by atoms with E-state index in [2.05, 4.69) is 154 Å². The number of esters is 3. The van der Waals surface area contributed by atoms with Crippen molar-refractivity contribution < 1.29 is 28.6 Å². The highest BCUT2D eigenvalue weighted by molar-refractivity contribution is 5.71. The van der Waals surface area contributed by atoms with Crippen molar-refractivity contribution in [2.75, 3.05) is 13.2 Å². The first-order valence-electron chi connectivity index (χ1n) is 34.2. The van der Waals surface area contributed by atoms with Crippen LogP contribution in [0.4, 0.5) is 0 Å². The molecule has 1 atom stereocenters. The number of allylic oxidation sites excluding steroid dienone is 22. The molecule has 0 aliphatic heterocycles. The second-order valence-electron chi connectivity index (χ2n) is 22.3. The van der Waals surface area contributed by atoms with E-state index >= 15 is 0 Å². The van der Waals surface area contributed by atoms with E-state index in [9.17, 15) is 14.4 Å². The summed E-state index contributed by atoms with van der Waals surface area (Å²) in [6, 6.07) is 0. The Morgan fingerprint density at radius 3 is 0.744 bits per heavy atom. The van der Waals surface area contributed by atoms with Crippen LogP contribution >= 0.6 is 0 Å². The second-order valence-corrected chi connectivity index (χ2v) is 22.3. The van der Waals surface area contributed by atoms with Crippen LogP contribution in [-0.2, 0) is 28.6 Å². The number of hydrogen-bond acceptors (Lipinski definition) is 6. The number of ether oxygens (including phenoxy) is 3. The van der Waals surface area contributed by atoms with Crippen LogP contribution in [0.2, 0.25) is 0 Å². The lowest BCUT2D eigenvalue weighted by molar-refractivity contribution is -0.167. The Kier molecular flexibility index (Phi) is 65.3. The lowest BCUT2D eigenvalue weighted by Crippen LogP contribution is -2.30. The third-order valence-electron chi connectivity index (χ3n) is 14.4. The molecule has 0 bridgehead atoms. The van der Waals surface area contributed by atoms with Gasteiger partial charge >= 0.3 is 17.9 Å². The van der Waals surface area contributed by atoms with E-state index in [1.165, 1.54) is 128 Å². The molecule has 0 aromatic heterocycles. The van der Waals surface area contributed by atoms with Gasteiger partial charge in [-0.05, 0) is 116 Å². The number of carbonyl (C=O) groups is 3. The van der Waals surface area contributed by atoms with E-state index in [1.807, 2.05) is 0 Å². The van der Waals surface area contributed by atoms with Gasteiger partial charge in [0.15, 0.2) is 6.10 Å². The first kappa shape index (κ1) is 77.5. The molecule has 0 fully saturated rings. The first-order chi connectivity index (χ1) is 40.5. The average Bonchev–Trinajstić information content (AvgIpc) is 3.47. The quantitative estimate of drug-likeness (QED) is 0.0261. The predicted molar refractivity (Wildman–Crippen MR) is 357 cm³/mol. The Labute approximate surface area is 506 Å². The Balaban J connectivity index is 4.24. The van der Waals surface area contributed by atoms with Gasteiger partial charge in [0.05, 0.1) is 0 Å². The van der Waals surface area contributed by atoms with Gasteiger partial charge < -0.3 is 14.2 Å². The topological polar surface area (TPSA) is 78.9 Å². The normalized spacial score (nSPS) is 13.0. The summed E-state index contributed by atoms with van der Waals surface area (Å²) in [7, 11) is 0. The Morgan fingerprint density at radius 2 is 0.476 bits per heavy atom. The van der Waals surface area contributed by atoms with Gasteiger partial charge in [0.1, 0.15) is 13.2 Å². The molecule has 0 spiro atoms. The van der Waals surface area contributed by atoms with Gasteiger partial charge in [-0.2, -0.15) is 0 Å². The largest absolute Gasteiger partial charge is 0.462 e. The van der Waals surface area contributed by atoms with Crippen molar-refractivity contribution in [2.24, 2.45) is 0 Å². The van der Waals surface area contributed by atoms with Crippen LogP contribution in [0.25, 0.3) is 0 Å². The van der Waals surface area contributed by atoms with Gasteiger partial charge in [0.2, 0.25) is 0 Å². The Bertz CT molecular complexity index is 1730. The van der Waals surface area contributed by atoms with E-state index in [0.717, 1.165) is 141 Å². The summed E-state index contributed by atoms with van der Waals surface area (Å²) in [6.07, 6.45) is 97.6. The molecule has 0 aliphatic rings. The molecule has 0 heterocycles. The molecule has 6 heteroatoms. The molecule has 0 aliphatic carbocycles. The minimum absolute atomic E-state index is 0.0883. The number of carbonyl (C=O) groups excluding carboxylic acids is 3. The molecule has 466 valence electrons. The Hall–Kier alpha value is -4.45. The van der Waals surface area contributed by atoms with Crippen LogP contribution in [-0.4, -0.2) is 37.2 Å². The highest BCUT2D eigenvalue weighted by Gasteiger charge is 2.19. The van der Waals surface area contributed by atoms with Crippen LogP contribution < -0.4 is 0 Å². The molecule has 0 aromatic rings. The zero-order chi connectivity index (χ0) is 59.2. The first-order valence-corrected chi connectivity index (χ1v) is 34.2. The maximum absolute atomic E-state index is 12.9. The molecule has 6 nitrogen and oxygen atoms in total. The highest BCUT2D eigenvalue weighted by Crippen LogP contribution is 2.16. The molecule has 1 unspecified atom stereocenters. The molecule has 0 radical (unpaired) electrons. The standard InChI is InChI=1S/C76H126O6/c1-4-7-10-13-16-19-22-24-26-28-30-32-34-35-36-37-38-39-40-41-43-44-46-48-50-52-54-57-60-63-66-69-75(78)81-72-73(71-80-74(77)68-65-62-59-56-21-18-15-12-9-6-3)82-76(79)70-67-64-61-58-55-53-51-49-47-45-42-33-31-29-27-25-23-20-17-14-11-8-5-2/h7-8,10-11,16-17,19-20,24-27,30-33,35-36,45,47,51,53,73H,4-6,9,12-15,18,21-23,28-29,34,37-44,46,48-50,52,54-72H2,1-3H3/b10-7-,11-8-,19-16-,20-17-,26-24-,27-25-,32-30-,33-31-,36-35-,47-45-,53-51-. The summed E-state index contributed by atoms with van der Waals surface area (Å²) in [5.74, 6) is -0.908. The number of rotatable bonds is 61. The van der Waals surface area contributed by atoms with E-state index in [1.54, 1.807) is 0 Å². The molecular formula is C76H126O6. The zero-order valence-corrected chi connectivity index (χ0v) is 53.5. The van der Waals surface area contributed by atoms with E-state index in [4.69, 9.17) is 14.2 Å². The third kappa shape index (κ3) is 66.4. The summed E-state index contributed by atoms with van der Waals surface area (Å²) in [4.78, 5) is 38.3. The summed E-state index contributed by atoms with van der Waals surface area (Å²) in [6.45, 7) is 6.40. The van der Waals surface area contributed by atoms with Crippen LogP contribution in [0.1, 0.15) is 310 Å². The van der Waals surface area contributed by atoms with Crippen molar-refractivity contribution in [3.63, 3.8) is 0 Å². The van der Waals surface area contributed by atoms with Gasteiger partial charge in [0.25, 0.3) is 0 Å². The van der Waals surface area contributed by atoms with Gasteiger partial charge in [-0.1, -0.05) is 309 Å². The van der Waals surface area contributed by atoms with Crippen molar-refractivity contribution in [3.8, 4) is 0 Å². The smallest absolute Gasteiger partial charge is 0.306 e. The van der Waals surface area contributed by atoms with Gasteiger partial charge in [-0.15, -0.1) is 0 Å². The molecule has 0 N–H and O–H groups in total. The summed E-state index contributed by atoms with van der Waals surface area (Å²) in [5, 5.41) is 0. The van der Waals surface area contributed by atoms with Gasteiger partial charge in [-0.3, -0.25) is 14.4 Å². The summed E-state index contributed by atoms with van der Waals surface area (Å²) < 4.78 is 16.9. The van der Waals surface area contributed by atoms with E-state index < -0.39 is 6.10 Å². The fourth-order valence-electron chi connectivity index (χ4n) is 9.36. The molecule has 0 saturated heterocycles. The maximum atomic E-state index is 12.9. The molecule has 0 aromatic carbocycles. The fraction of sp³-hybridized carbons (Fsp3) is 0.671. The van der Waals surface area contributed by atoms with Crippen molar-refractivity contribution in [3.05, 3.63) is 134 Å². The summed E-state index contributed by atoms with van der Waals surface area (Å²) in [5.41, 5.74) is 0. The molecule has 0 amide bonds. The SMILES string of the molecule is CC/C=C\C/C=C\C/C=C\C/C=C\C/C=C\C/C=C\CCCCCCC(=O)OC(COC(=O)CCCCCCCCCCCC)COC(=O)CCCCCCCCCCCCCCCCC/C=C\C/C=C\C/C=C\C/C=C\C/C=C\CC. The Morgan fingerprint density at radius 1 is 0.256 bits per heavy atom. The minimum atomic E-state index is -0.794. The van der Waals surface area contributed by atoms with Gasteiger partial charge in [-0.25, -0.2) is 0 Å². The predicted octanol–water partition coefficient (Wildman–Crippen LogP) is 23.7. The number of hydrogen-bond donors (Lipinski definition) is 0. The van der Waals surface area contributed by atoms with E-state index in [0.29, 0.717) is 19.3 Å². The van der Waals surface area contributed by atoms with Crippen molar-refractivity contribution in [1.29, 1.82) is 0 Å². The van der Waals surface area contributed by atoms with Gasteiger partial charge in [0, 0.05) is 19.3 Å². The summed E-state index contributed by atoms with van der Waals surface area (Å²) >= 11 is 0. The second kappa shape index (κ2) is 69.0. The van der Waals surface area contributed by atoms with Crippen LogP contribution in [0, 0.1) is 0 Å². The van der Waals surface area contributed by atoms with Crippen LogP contribution in [0.5, 0.6) is 0 Å². The fourth-order valence-corrected chi connectivity index (χ4v) is 9.36. The monoisotopic (exact) mass is 1130 g/mol. The molecule has 82 heavy (non-hydrogen) atoms. The third-order valence-corrected chi connectivity index (χ3v) is 14.4. The zero-order valence-electron chi connectivity index (χ0n) is 53.5. The minimum Gasteiger partial charge on any atom is -0.462 e. The van der Waals surface area contributed by atoms with Crippen LogP contribution in [0.15, 0.2) is 134 Å². The average molecular weight is 1140 g/mol. The molecule has 0 saturated carbocycles. The van der Waals surface area contributed by atoms with E-state index in [-0.39, 0.29) is 31.1 Å².